The highest BCUT2D eigenvalue weighted by Gasteiger charge is 2.35. The van der Waals surface area contributed by atoms with Crippen LogP contribution in [0.1, 0.15) is 24.5 Å². The van der Waals surface area contributed by atoms with Gasteiger partial charge in [-0.25, -0.2) is 26.3 Å². The second-order valence-corrected chi connectivity index (χ2v) is 11.3. The number of nitrogens with zero attached hydrogens (tertiary/aromatic N) is 3. The van der Waals surface area contributed by atoms with E-state index in [2.05, 4.69) is 5.32 Å². The molecule has 2 N–H and O–H groups in total. The van der Waals surface area contributed by atoms with Gasteiger partial charge in [0.25, 0.3) is 5.92 Å². The maximum atomic E-state index is 14.3. The lowest BCUT2D eigenvalue weighted by atomic mass is 9.97. The molecule has 0 saturated carbocycles. The zero-order chi connectivity index (χ0) is 27.0. The topological polar surface area (TPSA) is 102 Å². The molecule has 196 valence electrons. The first-order valence-corrected chi connectivity index (χ1v) is 13.0. The number of aliphatic carboxylic acids is 1. The number of amidine groups is 1. The third-order valence-electron chi connectivity index (χ3n) is 6.32. The molecule has 1 atom stereocenters. The Morgan fingerprint density at radius 2 is 1.84 bits per heavy atom. The summed E-state index contributed by atoms with van der Waals surface area (Å²) in [6, 6.07) is 12.2. The molecule has 1 unspecified atom stereocenters. The zero-order valence-electron chi connectivity index (χ0n) is 20.6. The monoisotopic (exact) mass is 530 g/mol. The van der Waals surface area contributed by atoms with Crippen molar-refractivity contribution in [3.8, 4) is 0 Å². The molecule has 1 aliphatic heterocycles. The number of anilines is 1. The summed E-state index contributed by atoms with van der Waals surface area (Å²) < 4.78 is 54.4. The van der Waals surface area contributed by atoms with Crippen LogP contribution in [0, 0.1) is 0 Å². The summed E-state index contributed by atoms with van der Waals surface area (Å²) in [7, 11) is -0.643. The summed E-state index contributed by atoms with van der Waals surface area (Å²) in [6.45, 7) is 1.22. The van der Waals surface area contributed by atoms with Gasteiger partial charge in [0.2, 0.25) is 10.0 Å². The molecular formula is C26H28F2N4O4S. The third-order valence-corrected chi connectivity index (χ3v) is 8.14. The van der Waals surface area contributed by atoms with Crippen LogP contribution in [-0.4, -0.2) is 61.2 Å². The third kappa shape index (κ3) is 5.57. The summed E-state index contributed by atoms with van der Waals surface area (Å²) in [6.07, 6.45) is 3.41. The molecule has 0 aromatic heterocycles. The Balaban J connectivity index is 1.60. The van der Waals surface area contributed by atoms with Crippen LogP contribution >= 0.6 is 0 Å². The normalized spacial score (nSPS) is 17.7. The van der Waals surface area contributed by atoms with Gasteiger partial charge in [-0.3, -0.25) is 4.99 Å². The number of aliphatic imine (C=N–C) groups is 1. The standard InChI is InChI=1S/C26H28F2N4O4S/c1-26(27,28)21-7-5-4-6-18(21)16-32-23-13-8-17(25(33)34)14-22(23)30-24(32)15-29-19-9-11-20(12-10-19)37(35,36)31(2)3/h4-13,22,29H,14-16H2,1-3H3,(H,33,34). The first-order valence-electron chi connectivity index (χ1n) is 11.6. The predicted octanol–water partition coefficient (Wildman–Crippen LogP) is 4.04. The van der Waals surface area contributed by atoms with Gasteiger partial charge in [-0.05, 0) is 42.0 Å². The Morgan fingerprint density at radius 1 is 1.16 bits per heavy atom. The minimum Gasteiger partial charge on any atom is -0.478 e. The minimum atomic E-state index is -3.56. The number of carboxylic acids is 1. The van der Waals surface area contributed by atoms with Crippen LogP contribution in [0.5, 0.6) is 0 Å². The highest BCUT2D eigenvalue weighted by molar-refractivity contribution is 7.89. The summed E-state index contributed by atoms with van der Waals surface area (Å²) in [5.74, 6) is -3.49. The number of allylic oxidation sites excluding steroid dienone is 2. The van der Waals surface area contributed by atoms with Crippen LogP contribution in [0.4, 0.5) is 14.5 Å². The number of carbonyl (C=O) groups is 1. The number of rotatable bonds is 9. The molecule has 0 saturated heterocycles. The van der Waals surface area contributed by atoms with Gasteiger partial charge >= 0.3 is 5.97 Å². The first-order chi connectivity index (χ1) is 17.4. The number of nitrogens with one attached hydrogen (secondary N) is 1. The number of carboxylic acid groups (broad SMARTS) is 1. The van der Waals surface area contributed by atoms with E-state index in [4.69, 9.17) is 4.99 Å². The molecule has 2 aliphatic rings. The van der Waals surface area contributed by atoms with Crippen LogP contribution in [0.15, 0.2) is 81.8 Å². The van der Waals surface area contributed by atoms with Crippen molar-refractivity contribution in [3.05, 3.63) is 83.1 Å². The molecule has 2 aromatic carbocycles. The van der Waals surface area contributed by atoms with Gasteiger partial charge in [-0.1, -0.05) is 24.3 Å². The summed E-state index contributed by atoms with van der Waals surface area (Å²) in [4.78, 5) is 18.2. The van der Waals surface area contributed by atoms with E-state index < -0.39 is 28.0 Å². The largest absolute Gasteiger partial charge is 0.478 e. The number of hydrogen-bond donors (Lipinski definition) is 2. The number of alkyl halides is 2. The SMILES string of the molecule is CN(C)S(=O)(=O)c1ccc(NCC2=NC3CC(C(=O)O)=CC=C3N2Cc2ccccc2C(C)(F)F)cc1. The summed E-state index contributed by atoms with van der Waals surface area (Å²) >= 11 is 0. The van der Waals surface area contributed by atoms with Gasteiger partial charge in [0.05, 0.1) is 17.5 Å². The van der Waals surface area contributed by atoms with E-state index in [0.29, 0.717) is 17.1 Å². The Labute approximate surface area is 214 Å². The second-order valence-electron chi connectivity index (χ2n) is 9.15. The summed E-state index contributed by atoms with van der Waals surface area (Å²) in [5, 5.41) is 12.6. The van der Waals surface area contributed by atoms with E-state index >= 15 is 0 Å². The van der Waals surface area contributed by atoms with Crippen molar-refractivity contribution in [2.75, 3.05) is 26.0 Å². The number of benzene rings is 2. The molecule has 8 nitrogen and oxygen atoms in total. The fraction of sp³-hybridized carbons (Fsp3) is 0.308. The van der Waals surface area contributed by atoms with E-state index in [0.717, 1.165) is 16.9 Å². The van der Waals surface area contributed by atoms with E-state index in [1.165, 1.54) is 38.4 Å². The molecule has 0 spiro atoms. The Kier molecular flexibility index (Phi) is 7.20. The smallest absolute Gasteiger partial charge is 0.331 e. The average Bonchev–Trinajstić information content (AvgIpc) is 3.19. The molecule has 11 heteroatoms. The second kappa shape index (κ2) is 10.1. The Bertz CT molecular complexity index is 1390. The molecule has 37 heavy (non-hydrogen) atoms. The number of fused-ring (bicyclic) bond motifs is 1. The molecule has 1 aliphatic carbocycles. The molecule has 4 rings (SSSR count). The van der Waals surface area contributed by atoms with Crippen LogP contribution in [0.25, 0.3) is 0 Å². The lowest BCUT2D eigenvalue weighted by molar-refractivity contribution is -0.132. The van der Waals surface area contributed by atoms with E-state index in [9.17, 15) is 27.1 Å². The van der Waals surface area contributed by atoms with Crippen molar-refractivity contribution in [1.82, 2.24) is 9.21 Å². The number of sulfonamides is 1. The van der Waals surface area contributed by atoms with Crippen LogP contribution < -0.4 is 5.32 Å². The van der Waals surface area contributed by atoms with Gasteiger partial charge in [-0.15, -0.1) is 0 Å². The van der Waals surface area contributed by atoms with Crippen LogP contribution in [0.2, 0.25) is 0 Å². The predicted molar refractivity (Wildman–Crippen MR) is 137 cm³/mol. The maximum Gasteiger partial charge on any atom is 0.331 e. The van der Waals surface area contributed by atoms with Crippen molar-refractivity contribution < 1.29 is 27.1 Å². The molecule has 0 bridgehead atoms. The molecule has 0 radical (unpaired) electrons. The lowest BCUT2D eigenvalue weighted by Crippen LogP contribution is -2.33. The van der Waals surface area contributed by atoms with E-state index in [1.807, 2.05) is 4.90 Å². The van der Waals surface area contributed by atoms with Crippen molar-refractivity contribution in [2.24, 2.45) is 4.99 Å². The quantitative estimate of drug-likeness (QED) is 0.507. The zero-order valence-corrected chi connectivity index (χ0v) is 21.5. The highest BCUT2D eigenvalue weighted by Crippen LogP contribution is 2.35. The van der Waals surface area contributed by atoms with Gasteiger partial charge in [0.1, 0.15) is 5.84 Å². The van der Waals surface area contributed by atoms with Crippen molar-refractivity contribution in [2.45, 2.75) is 36.7 Å². The van der Waals surface area contributed by atoms with Gasteiger partial charge in [0, 0.05) is 56.5 Å². The highest BCUT2D eigenvalue weighted by atomic mass is 32.2. The van der Waals surface area contributed by atoms with Crippen molar-refractivity contribution >= 4 is 27.5 Å². The fourth-order valence-electron chi connectivity index (χ4n) is 4.33. The maximum absolute atomic E-state index is 14.3. The minimum absolute atomic E-state index is 0.0818. The lowest BCUT2D eigenvalue weighted by Gasteiger charge is -2.27. The molecule has 0 amide bonds. The van der Waals surface area contributed by atoms with Crippen molar-refractivity contribution in [3.63, 3.8) is 0 Å². The van der Waals surface area contributed by atoms with Crippen LogP contribution in [0.3, 0.4) is 0 Å². The fourth-order valence-corrected chi connectivity index (χ4v) is 5.24. The average molecular weight is 531 g/mol. The molecule has 1 heterocycles. The van der Waals surface area contributed by atoms with E-state index in [-0.39, 0.29) is 35.5 Å². The molecule has 2 aromatic rings. The van der Waals surface area contributed by atoms with Crippen molar-refractivity contribution in [1.29, 1.82) is 0 Å². The Morgan fingerprint density at radius 3 is 2.46 bits per heavy atom. The van der Waals surface area contributed by atoms with E-state index in [1.54, 1.807) is 36.4 Å². The first kappa shape index (κ1) is 26.5. The summed E-state index contributed by atoms with van der Waals surface area (Å²) in [5.41, 5.74) is 1.97. The van der Waals surface area contributed by atoms with Gasteiger partial charge in [-0.2, -0.15) is 0 Å². The Hall–Kier alpha value is -3.57. The van der Waals surface area contributed by atoms with Gasteiger partial charge in [0.15, 0.2) is 0 Å². The number of hydrogen-bond acceptors (Lipinski definition) is 6. The number of halogens is 2. The van der Waals surface area contributed by atoms with Crippen LogP contribution in [-0.2, 0) is 27.3 Å². The molecular weight excluding hydrogens is 502 g/mol. The molecule has 0 fully saturated rings. The van der Waals surface area contributed by atoms with Gasteiger partial charge < -0.3 is 15.3 Å².